The number of nitriles is 1. The molecule has 5 aromatic rings. The molecule has 1 saturated carbocycles. The average molecular weight is 580 g/mol. The zero-order chi connectivity index (χ0) is 30.2. The fraction of sp³-hybridized carbons (Fsp3) is 0.324. The largest absolute Gasteiger partial charge is 0.380 e. The van der Waals surface area contributed by atoms with E-state index < -0.39 is 0 Å². The quantitative estimate of drug-likeness (QED) is 0.212. The summed E-state index contributed by atoms with van der Waals surface area (Å²) in [6, 6.07) is 20.1. The lowest BCUT2D eigenvalue weighted by atomic mass is 9.85. The van der Waals surface area contributed by atoms with Crippen LogP contribution >= 0.6 is 0 Å². The molecule has 7 nitrogen and oxygen atoms in total. The van der Waals surface area contributed by atoms with Crippen molar-refractivity contribution in [3.8, 4) is 39.6 Å². The third-order valence-electron chi connectivity index (χ3n) is 9.27. The average Bonchev–Trinajstić information content (AvgIpc) is 3.43. The molecule has 0 unspecified atom stereocenters. The molecule has 0 bridgehead atoms. The van der Waals surface area contributed by atoms with Crippen LogP contribution in [0.2, 0.25) is 0 Å². The molecule has 3 heterocycles. The number of rotatable bonds is 7. The molecule has 2 aliphatic rings. The van der Waals surface area contributed by atoms with E-state index in [2.05, 4.69) is 83.7 Å². The van der Waals surface area contributed by atoms with Crippen LogP contribution in [-0.2, 0) is 12.8 Å². The number of pyridine rings is 2. The molecular formula is C37H37N7. The molecule has 1 fully saturated rings. The van der Waals surface area contributed by atoms with Gasteiger partial charge in [0.05, 0.1) is 16.9 Å². The van der Waals surface area contributed by atoms with Gasteiger partial charge in [0, 0.05) is 42.3 Å². The van der Waals surface area contributed by atoms with E-state index in [0.717, 1.165) is 77.3 Å². The predicted molar refractivity (Wildman–Crippen MR) is 176 cm³/mol. The first-order valence-corrected chi connectivity index (χ1v) is 15.7. The van der Waals surface area contributed by atoms with Crippen LogP contribution in [0, 0.1) is 17.2 Å². The molecular weight excluding hydrogens is 542 g/mol. The van der Waals surface area contributed by atoms with Gasteiger partial charge in [-0.25, -0.2) is 15.0 Å². The first kappa shape index (κ1) is 28.1. The van der Waals surface area contributed by atoms with Crippen LogP contribution in [-0.4, -0.2) is 51.5 Å². The summed E-state index contributed by atoms with van der Waals surface area (Å²) in [6.07, 6.45) is 12.0. The maximum absolute atomic E-state index is 9.34. The maximum atomic E-state index is 9.34. The molecule has 1 N–H and O–H groups in total. The van der Waals surface area contributed by atoms with Gasteiger partial charge in [-0.15, -0.1) is 0 Å². The third kappa shape index (κ3) is 5.31. The van der Waals surface area contributed by atoms with Crippen molar-refractivity contribution in [2.24, 2.45) is 5.92 Å². The number of benzene rings is 2. The molecule has 0 spiro atoms. The minimum Gasteiger partial charge on any atom is -0.380 e. The third-order valence-corrected chi connectivity index (χ3v) is 9.27. The van der Waals surface area contributed by atoms with Gasteiger partial charge in [0.1, 0.15) is 11.6 Å². The monoisotopic (exact) mass is 579 g/mol. The maximum Gasteiger partial charge on any atom is 0.232 e. The highest BCUT2D eigenvalue weighted by atomic mass is 15.1. The van der Waals surface area contributed by atoms with Crippen LogP contribution in [0.4, 0.5) is 5.69 Å². The van der Waals surface area contributed by atoms with Gasteiger partial charge in [0.2, 0.25) is 5.82 Å². The van der Waals surface area contributed by atoms with Crippen LogP contribution in [0.15, 0.2) is 67.1 Å². The van der Waals surface area contributed by atoms with Crippen molar-refractivity contribution in [3.05, 3.63) is 89.6 Å². The lowest BCUT2D eigenvalue weighted by Crippen LogP contribution is -2.31. The van der Waals surface area contributed by atoms with E-state index in [-0.39, 0.29) is 5.82 Å². The smallest absolute Gasteiger partial charge is 0.232 e. The Balaban J connectivity index is 1.32. The van der Waals surface area contributed by atoms with Crippen molar-refractivity contribution in [2.45, 2.75) is 51.5 Å². The fourth-order valence-electron chi connectivity index (χ4n) is 7.09. The molecule has 2 aliphatic carbocycles. The number of aromatic nitrogens is 4. The zero-order valence-electron chi connectivity index (χ0n) is 25.6. The number of aryl methyl sites for hydroxylation is 1. The van der Waals surface area contributed by atoms with Gasteiger partial charge in [-0.05, 0) is 104 Å². The summed E-state index contributed by atoms with van der Waals surface area (Å²) < 4.78 is 0. The molecule has 7 heteroatoms. The van der Waals surface area contributed by atoms with E-state index in [0.29, 0.717) is 6.04 Å². The SMILES string of the molecule is CCc1ccc2c(c1)Cc1c-2cccc1-c1cc2nccc(NC3CCC(CN(C)C)CC3)c2nc1-c1cnc(C#N)nc1. The Hall–Kier alpha value is -4.67. The Morgan fingerprint density at radius 2 is 1.68 bits per heavy atom. The molecule has 0 aliphatic heterocycles. The van der Waals surface area contributed by atoms with Gasteiger partial charge in [-0.2, -0.15) is 5.26 Å². The molecule has 0 amide bonds. The molecule has 0 saturated heterocycles. The summed E-state index contributed by atoms with van der Waals surface area (Å²) in [5.74, 6) is 0.904. The summed E-state index contributed by atoms with van der Waals surface area (Å²) in [5, 5.41) is 13.2. The first-order chi connectivity index (χ1) is 21.5. The lowest BCUT2D eigenvalue weighted by molar-refractivity contribution is 0.255. The van der Waals surface area contributed by atoms with Gasteiger partial charge < -0.3 is 10.2 Å². The minimum absolute atomic E-state index is 0.146. The van der Waals surface area contributed by atoms with Gasteiger partial charge in [-0.3, -0.25) is 4.98 Å². The second-order valence-electron chi connectivity index (χ2n) is 12.5. The number of fused-ring (bicyclic) bond motifs is 4. The number of nitrogens with one attached hydrogen (secondary N) is 1. The summed E-state index contributed by atoms with van der Waals surface area (Å²) in [6.45, 7) is 3.35. The van der Waals surface area contributed by atoms with Crippen molar-refractivity contribution >= 4 is 16.7 Å². The lowest BCUT2D eigenvalue weighted by Gasteiger charge is -2.31. The van der Waals surface area contributed by atoms with Crippen LogP contribution in [0.25, 0.3) is 44.5 Å². The normalized spacial score (nSPS) is 17.3. The Bertz CT molecular complexity index is 1880. The van der Waals surface area contributed by atoms with E-state index in [1.165, 1.54) is 40.7 Å². The van der Waals surface area contributed by atoms with E-state index in [1.807, 2.05) is 18.3 Å². The molecule has 0 radical (unpaired) electrons. The zero-order valence-corrected chi connectivity index (χ0v) is 25.6. The number of hydrogen-bond acceptors (Lipinski definition) is 7. The van der Waals surface area contributed by atoms with Crippen LogP contribution in [0.3, 0.4) is 0 Å². The van der Waals surface area contributed by atoms with Crippen molar-refractivity contribution in [1.29, 1.82) is 5.26 Å². The van der Waals surface area contributed by atoms with Crippen molar-refractivity contribution in [2.75, 3.05) is 26.0 Å². The highest BCUT2D eigenvalue weighted by molar-refractivity contribution is 5.97. The second-order valence-corrected chi connectivity index (χ2v) is 12.5. The summed E-state index contributed by atoms with van der Waals surface area (Å²) in [4.78, 5) is 21.0. The Morgan fingerprint density at radius 3 is 2.41 bits per heavy atom. The van der Waals surface area contributed by atoms with Crippen molar-refractivity contribution in [1.82, 2.24) is 24.8 Å². The molecule has 0 atom stereocenters. The van der Waals surface area contributed by atoms with E-state index in [9.17, 15) is 5.26 Å². The second kappa shape index (κ2) is 11.8. The Morgan fingerprint density at radius 1 is 0.909 bits per heavy atom. The number of anilines is 1. The first-order valence-electron chi connectivity index (χ1n) is 15.7. The van der Waals surface area contributed by atoms with Crippen molar-refractivity contribution < 1.29 is 0 Å². The van der Waals surface area contributed by atoms with Crippen molar-refractivity contribution in [3.63, 3.8) is 0 Å². The van der Waals surface area contributed by atoms with Gasteiger partial charge in [-0.1, -0.05) is 43.3 Å². The van der Waals surface area contributed by atoms with E-state index in [1.54, 1.807) is 12.4 Å². The van der Waals surface area contributed by atoms with Gasteiger partial charge in [0.25, 0.3) is 0 Å². The number of nitrogens with zero attached hydrogens (tertiary/aromatic N) is 6. The van der Waals surface area contributed by atoms with Gasteiger partial charge >= 0.3 is 0 Å². The summed E-state index contributed by atoms with van der Waals surface area (Å²) in [7, 11) is 4.32. The highest BCUT2D eigenvalue weighted by Gasteiger charge is 2.26. The van der Waals surface area contributed by atoms with Crippen LogP contribution < -0.4 is 5.32 Å². The predicted octanol–water partition coefficient (Wildman–Crippen LogP) is 7.29. The molecule has 2 aromatic carbocycles. The Kier molecular flexibility index (Phi) is 7.53. The fourth-order valence-corrected chi connectivity index (χ4v) is 7.09. The molecule has 3 aromatic heterocycles. The molecule has 44 heavy (non-hydrogen) atoms. The summed E-state index contributed by atoms with van der Waals surface area (Å²) >= 11 is 0. The van der Waals surface area contributed by atoms with Crippen LogP contribution in [0.1, 0.15) is 55.1 Å². The minimum atomic E-state index is 0.146. The van der Waals surface area contributed by atoms with Gasteiger partial charge in [0.15, 0.2) is 0 Å². The Labute approximate surface area is 259 Å². The number of hydrogen-bond donors (Lipinski definition) is 1. The molecule has 7 rings (SSSR count). The van der Waals surface area contributed by atoms with E-state index >= 15 is 0 Å². The summed E-state index contributed by atoms with van der Waals surface area (Å²) in [5.41, 5.74) is 13.0. The standard InChI is InChI=1S/C37H37N7/c1-4-23-10-13-28-25(16-23)17-31-29(28)6-5-7-30(31)32-18-34-37(43-36(32)26-20-40-35(19-38)41-21-26)33(14-15-39-34)42-27-11-8-24(9-12-27)22-44(2)3/h5-7,10,13-16,18,20-21,24,27H,4,8-9,11-12,17,22H2,1-3H3,(H,39,42). The van der Waals surface area contributed by atoms with Crippen LogP contribution in [0.5, 0.6) is 0 Å². The van der Waals surface area contributed by atoms with E-state index in [4.69, 9.17) is 9.97 Å². The molecule has 220 valence electrons. The highest BCUT2D eigenvalue weighted by Crippen LogP contribution is 2.44. The topological polar surface area (TPSA) is 90.6 Å².